The van der Waals surface area contributed by atoms with Gasteiger partial charge in [-0.15, -0.1) is 10.2 Å². The van der Waals surface area contributed by atoms with E-state index in [1.54, 1.807) is 13.8 Å². The number of aromatic nitrogens is 2. The molecule has 2 fully saturated rings. The van der Waals surface area contributed by atoms with Gasteiger partial charge < -0.3 is 5.11 Å². The third-order valence-corrected chi connectivity index (χ3v) is 9.84. The van der Waals surface area contributed by atoms with Gasteiger partial charge in [0, 0.05) is 61.5 Å². The van der Waals surface area contributed by atoms with Gasteiger partial charge in [-0.2, -0.15) is 0 Å². The van der Waals surface area contributed by atoms with Crippen molar-refractivity contribution in [3.8, 4) is 10.6 Å². The van der Waals surface area contributed by atoms with Gasteiger partial charge in [0.15, 0.2) is 15.8 Å². The normalized spacial score (nSPS) is 22.3. The molecular formula is C32H35F4N3O3S. The van der Waals surface area contributed by atoms with E-state index in [-0.39, 0.29) is 52.4 Å². The molecule has 5 rings (SSSR count). The highest BCUT2D eigenvalue weighted by molar-refractivity contribution is 7.16. The Bertz CT molecular complexity index is 1500. The van der Waals surface area contributed by atoms with Crippen LogP contribution in [0.25, 0.3) is 10.6 Å². The minimum absolute atomic E-state index is 0.0230. The maximum absolute atomic E-state index is 14.3. The quantitative estimate of drug-likeness (QED) is 0.203. The third-order valence-electron chi connectivity index (χ3n) is 8.84. The lowest BCUT2D eigenvalue weighted by molar-refractivity contribution is -0.128. The number of carbonyl (C=O) groups excluding carboxylic acids is 2. The summed E-state index contributed by atoms with van der Waals surface area (Å²) in [5.74, 6) is -3.40. The van der Waals surface area contributed by atoms with E-state index in [2.05, 4.69) is 15.1 Å². The number of nitrogens with zero attached hydrogens (tertiary/aromatic N) is 3. The Morgan fingerprint density at radius 3 is 2.26 bits per heavy atom. The first-order valence-electron chi connectivity index (χ1n) is 14.4. The van der Waals surface area contributed by atoms with Crippen LogP contribution in [0.4, 0.5) is 17.6 Å². The smallest absolute Gasteiger partial charge is 0.194 e. The number of likely N-dealkylation sites (tertiary alicyclic amines) is 1. The van der Waals surface area contributed by atoms with Crippen LogP contribution < -0.4 is 0 Å². The highest BCUT2D eigenvalue weighted by Gasteiger charge is 2.49. The van der Waals surface area contributed by atoms with Crippen molar-refractivity contribution in [3.05, 3.63) is 70.2 Å². The fourth-order valence-electron chi connectivity index (χ4n) is 6.49. The van der Waals surface area contributed by atoms with Crippen molar-refractivity contribution < 1.29 is 32.3 Å². The van der Waals surface area contributed by atoms with Gasteiger partial charge in [-0.05, 0) is 67.9 Å². The van der Waals surface area contributed by atoms with Gasteiger partial charge in [0.05, 0.1) is 5.60 Å². The van der Waals surface area contributed by atoms with Gasteiger partial charge >= 0.3 is 0 Å². The number of benzene rings is 2. The molecule has 0 atom stereocenters. The summed E-state index contributed by atoms with van der Waals surface area (Å²) in [5, 5.41) is 18.5. The maximum atomic E-state index is 14.3. The molecule has 0 radical (unpaired) electrons. The topological polar surface area (TPSA) is 83.4 Å². The number of rotatable bonds is 10. The molecule has 1 aliphatic heterocycles. The summed E-state index contributed by atoms with van der Waals surface area (Å²) < 4.78 is 55.5. The molecule has 1 saturated carbocycles. The van der Waals surface area contributed by atoms with Crippen molar-refractivity contribution in [2.45, 2.75) is 82.8 Å². The highest BCUT2D eigenvalue weighted by Crippen LogP contribution is 2.44. The maximum Gasteiger partial charge on any atom is 0.194 e. The van der Waals surface area contributed by atoms with Gasteiger partial charge in [-0.3, -0.25) is 14.5 Å². The third kappa shape index (κ3) is 7.21. The number of halogens is 4. The predicted octanol–water partition coefficient (Wildman–Crippen LogP) is 6.66. The molecule has 230 valence electrons. The number of ketones is 2. The molecule has 43 heavy (non-hydrogen) atoms. The van der Waals surface area contributed by atoms with E-state index in [9.17, 15) is 32.3 Å². The van der Waals surface area contributed by atoms with Gasteiger partial charge in [0.1, 0.15) is 29.1 Å². The van der Waals surface area contributed by atoms with Crippen LogP contribution in [0.3, 0.4) is 0 Å². The van der Waals surface area contributed by atoms with Gasteiger partial charge in [0.25, 0.3) is 0 Å². The Labute approximate surface area is 252 Å². The number of aliphatic hydroxyl groups is 1. The first-order valence-corrected chi connectivity index (χ1v) is 15.2. The van der Waals surface area contributed by atoms with E-state index in [1.165, 1.54) is 18.2 Å². The van der Waals surface area contributed by atoms with Crippen molar-refractivity contribution in [1.29, 1.82) is 0 Å². The summed E-state index contributed by atoms with van der Waals surface area (Å²) in [6.45, 7) is 6.36. The SMILES string of the molecule is CC1(O)CCC(N2CC(CC(=O)CC(C)(C)c3cc(F)cc(F)c3)(CC(=O)c3nnc(-c4ccc(F)cc4F)s3)C2)CC1. The van der Waals surface area contributed by atoms with Crippen molar-refractivity contribution in [2.24, 2.45) is 5.41 Å². The van der Waals surface area contributed by atoms with E-state index in [0.717, 1.165) is 42.4 Å². The summed E-state index contributed by atoms with van der Waals surface area (Å²) in [4.78, 5) is 29.2. The molecular weight excluding hydrogens is 582 g/mol. The van der Waals surface area contributed by atoms with Crippen molar-refractivity contribution in [3.63, 3.8) is 0 Å². The second-order valence-electron chi connectivity index (χ2n) is 13.2. The summed E-state index contributed by atoms with van der Waals surface area (Å²) in [6.07, 6.45) is 3.12. The monoisotopic (exact) mass is 617 g/mol. The summed E-state index contributed by atoms with van der Waals surface area (Å²) in [6, 6.07) is 6.59. The van der Waals surface area contributed by atoms with Crippen molar-refractivity contribution in [2.75, 3.05) is 13.1 Å². The molecule has 0 amide bonds. The summed E-state index contributed by atoms with van der Waals surface area (Å²) in [7, 11) is 0. The van der Waals surface area contributed by atoms with Gasteiger partial charge in [-0.1, -0.05) is 25.2 Å². The molecule has 0 bridgehead atoms. The number of hydrogen-bond donors (Lipinski definition) is 1. The van der Waals surface area contributed by atoms with Crippen LogP contribution in [0.2, 0.25) is 0 Å². The van der Waals surface area contributed by atoms with Gasteiger partial charge in [0.2, 0.25) is 0 Å². The van der Waals surface area contributed by atoms with Crippen LogP contribution in [-0.4, -0.2) is 56.5 Å². The molecule has 0 spiro atoms. The zero-order chi connectivity index (χ0) is 31.2. The molecule has 2 heterocycles. The molecule has 1 saturated heterocycles. The lowest BCUT2D eigenvalue weighted by atomic mass is 9.68. The van der Waals surface area contributed by atoms with E-state index in [1.807, 2.05) is 6.92 Å². The number of carbonyl (C=O) groups is 2. The Kier molecular flexibility index (Phi) is 8.63. The zero-order valence-electron chi connectivity index (χ0n) is 24.4. The highest BCUT2D eigenvalue weighted by atomic mass is 32.1. The number of hydrogen-bond acceptors (Lipinski definition) is 7. The minimum atomic E-state index is -0.836. The van der Waals surface area contributed by atoms with E-state index < -0.39 is 39.7 Å². The van der Waals surface area contributed by atoms with Crippen LogP contribution in [0, 0.1) is 28.7 Å². The van der Waals surface area contributed by atoms with Crippen LogP contribution in [-0.2, 0) is 10.2 Å². The lowest BCUT2D eigenvalue weighted by Gasteiger charge is -2.54. The average Bonchev–Trinajstić information content (AvgIpc) is 3.36. The summed E-state index contributed by atoms with van der Waals surface area (Å²) >= 11 is 0.915. The molecule has 2 aromatic carbocycles. The van der Waals surface area contributed by atoms with E-state index in [0.29, 0.717) is 31.5 Å². The molecule has 11 heteroatoms. The first kappa shape index (κ1) is 31.4. The fraction of sp³-hybridized carbons (Fsp3) is 0.500. The van der Waals surface area contributed by atoms with Crippen LogP contribution >= 0.6 is 11.3 Å². The second-order valence-corrected chi connectivity index (χ2v) is 14.2. The molecule has 6 nitrogen and oxygen atoms in total. The van der Waals surface area contributed by atoms with Gasteiger partial charge in [-0.25, -0.2) is 17.6 Å². The molecule has 1 aliphatic carbocycles. The standard InChI is InChI=1S/C32H35F4N3O3S/c1-30(2,19-10-21(34)12-22(35)11-19)14-24(40)15-32(17-39(18-32)23-6-8-31(3,42)9-7-23)16-27(41)29-38-37-28(43-29)25-5-4-20(33)13-26(25)36/h4-5,10-13,23,42H,6-9,14-18H2,1-3H3. The van der Waals surface area contributed by atoms with Crippen LogP contribution in [0.1, 0.15) is 81.1 Å². The minimum Gasteiger partial charge on any atom is -0.390 e. The summed E-state index contributed by atoms with van der Waals surface area (Å²) in [5.41, 5.74) is -1.78. The molecule has 3 aromatic rings. The fourth-order valence-corrected chi connectivity index (χ4v) is 7.30. The Morgan fingerprint density at radius 2 is 1.63 bits per heavy atom. The second kappa shape index (κ2) is 11.8. The Balaban J connectivity index is 1.32. The molecule has 1 N–H and O–H groups in total. The van der Waals surface area contributed by atoms with Crippen LogP contribution in [0.5, 0.6) is 0 Å². The molecule has 1 aromatic heterocycles. The largest absolute Gasteiger partial charge is 0.390 e. The lowest BCUT2D eigenvalue weighted by Crippen LogP contribution is -2.62. The van der Waals surface area contributed by atoms with Crippen molar-refractivity contribution in [1.82, 2.24) is 15.1 Å². The average molecular weight is 618 g/mol. The van der Waals surface area contributed by atoms with E-state index >= 15 is 0 Å². The number of Topliss-reactive ketones (excluding diaryl/α,β-unsaturated/α-hetero) is 2. The first-order chi connectivity index (χ1) is 20.1. The Morgan fingerprint density at radius 1 is 0.977 bits per heavy atom. The Hall–Kier alpha value is -3.02. The molecule has 0 unspecified atom stereocenters. The van der Waals surface area contributed by atoms with E-state index in [4.69, 9.17) is 0 Å². The zero-order valence-corrected chi connectivity index (χ0v) is 25.2. The van der Waals surface area contributed by atoms with Crippen LogP contribution in [0.15, 0.2) is 36.4 Å². The van der Waals surface area contributed by atoms with Crippen molar-refractivity contribution >= 4 is 22.9 Å². The predicted molar refractivity (Wildman–Crippen MR) is 155 cm³/mol. The molecule has 2 aliphatic rings.